The Bertz CT molecular complexity index is 656. The second kappa shape index (κ2) is 4.45. The number of hydrogen-bond acceptors (Lipinski definition) is 5. The molecule has 0 spiro atoms. The van der Waals surface area contributed by atoms with Crippen molar-refractivity contribution in [3.8, 4) is 0 Å². The minimum absolute atomic E-state index is 0.144. The summed E-state index contributed by atoms with van der Waals surface area (Å²) in [4.78, 5) is 0.144. The second-order valence-corrected chi connectivity index (χ2v) is 5.49. The summed E-state index contributed by atoms with van der Waals surface area (Å²) in [5.41, 5.74) is 0.588. The third-order valence-electron chi connectivity index (χ3n) is 2.51. The third kappa shape index (κ3) is 2.23. The normalized spacial score (nSPS) is 11.7. The first-order chi connectivity index (χ1) is 8.44. The number of sulfonamides is 1. The van der Waals surface area contributed by atoms with E-state index < -0.39 is 10.0 Å². The van der Waals surface area contributed by atoms with Gasteiger partial charge in [0.25, 0.3) is 10.0 Å². The highest BCUT2D eigenvalue weighted by Crippen LogP contribution is 2.18. The fraction of sp³-hybridized carbons (Fsp3) is 0.400. The first kappa shape index (κ1) is 12.6. The van der Waals surface area contributed by atoms with Gasteiger partial charge >= 0.3 is 0 Å². The quantitative estimate of drug-likeness (QED) is 0.904. The molecule has 1 N–H and O–H groups in total. The van der Waals surface area contributed by atoms with E-state index in [2.05, 4.69) is 15.0 Å². The van der Waals surface area contributed by atoms with Gasteiger partial charge in [0.15, 0.2) is 5.82 Å². The predicted octanol–water partition coefficient (Wildman–Crippen LogP) is 1.31. The molecule has 0 radical (unpaired) electrons. The molecule has 2 aromatic heterocycles. The molecule has 2 aromatic rings. The lowest BCUT2D eigenvalue weighted by molar-refractivity contribution is 0.400. The molecule has 2 rings (SSSR count). The molecule has 0 unspecified atom stereocenters. The molecule has 98 valence electrons. The van der Waals surface area contributed by atoms with Crippen LogP contribution in [0.4, 0.5) is 5.82 Å². The summed E-state index contributed by atoms with van der Waals surface area (Å²) < 4.78 is 33.0. The van der Waals surface area contributed by atoms with Crippen molar-refractivity contribution in [1.29, 1.82) is 0 Å². The van der Waals surface area contributed by atoms with Crippen LogP contribution in [-0.4, -0.2) is 23.4 Å². The smallest absolute Gasteiger partial charge is 0.266 e. The average molecular weight is 270 g/mol. The van der Waals surface area contributed by atoms with Gasteiger partial charge in [0, 0.05) is 12.6 Å². The van der Waals surface area contributed by atoms with Crippen LogP contribution in [0.3, 0.4) is 0 Å². The largest absolute Gasteiger partial charge is 0.360 e. The van der Waals surface area contributed by atoms with Gasteiger partial charge in [-0.05, 0) is 20.8 Å². The molecule has 0 saturated carbocycles. The Balaban J connectivity index is 2.33. The maximum Gasteiger partial charge on any atom is 0.266 e. The average Bonchev–Trinajstić information content (AvgIpc) is 2.84. The summed E-state index contributed by atoms with van der Waals surface area (Å²) in [6.45, 7) is 5.90. The van der Waals surface area contributed by atoms with Gasteiger partial charge in [-0.3, -0.25) is 9.40 Å². The molecule has 0 aliphatic heterocycles. The van der Waals surface area contributed by atoms with E-state index in [0.717, 1.165) is 0 Å². The zero-order valence-corrected chi connectivity index (χ0v) is 11.2. The second-order valence-electron chi connectivity index (χ2n) is 3.84. The Morgan fingerprint density at radius 3 is 2.67 bits per heavy atom. The maximum atomic E-state index is 12.1. The van der Waals surface area contributed by atoms with Crippen LogP contribution in [0.1, 0.15) is 18.4 Å². The van der Waals surface area contributed by atoms with E-state index in [1.54, 1.807) is 18.5 Å². The highest BCUT2D eigenvalue weighted by atomic mass is 32.2. The monoisotopic (exact) mass is 270 g/mol. The zero-order chi connectivity index (χ0) is 13.3. The number of aryl methyl sites for hydroxylation is 2. The van der Waals surface area contributed by atoms with Gasteiger partial charge in [-0.2, -0.15) is 5.10 Å². The van der Waals surface area contributed by atoms with Gasteiger partial charge in [0.2, 0.25) is 0 Å². The standard InChI is InChI=1S/C10H14N4O3S/c1-4-14-8(3)9(6-11-14)18(15,16)13-10-5-7(2)17-12-10/h5-6H,4H2,1-3H3,(H,12,13). The van der Waals surface area contributed by atoms with Crippen molar-refractivity contribution < 1.29 is 12.9 Å². The number of aromatic nitrogens is 3. The lowest BCUT2D eigenvalue weighted by Crippen LogP contribution is -2.14. The molecule has 0 atom stereocenters. The Hall–Kier alpha value is -1.83. The molecule has 0 bridgehead atoms. The fourth-order valence-electron chi connectivity index (χ4n) is 1.62. The van der Waals surface area contributed by atoms with Crippen LogP contribution in [0, 0.1) is 13.8 Å². The Kier molecular flexibility index (Phi) is 3.12. The minimum atomic E-state index is -3.68. The molecule has 8 heteroatoms. The maximum absolute atomic E-state index is 12.1. The zero-order valence-electron chi connectivity index (χ0n) is 10.3. The van der Waals surface area contributed by atoms with Crippen molar-refractivity contribution in [2.45, 2.75) is 32.2 Å². The van der Waals surface area contributed by atoms with Gasteiger partial charge in [0.05, 0.1) is 11.9 Å². The molecule has 0 aliphatic carbocycles. The van der Waals surface area contributed by atoms with Crippen molar-refractivity contribution in [1.82, 2.24) is 14.9 Å². The topological polar surface area (TPSA) is 90.0 Å². The molecule has 2 heterocycles. The van der Waals surface area contributed by atoms with E-state index in [-0.39, 0.29) is 10.7 Å². The molecule has 0 fully saturated rings. The number of nitrogens with one attached hydrogen (secondary N) is 1. The Labute approximate surface area is 105 Å². The van der Waals surface area contributed by atoms with Gasteiger partial charge in [-0.15, -0.1) is 0 Å². The van der Waals surface area contributed by atoms with E-state index >= 15 is 0 Å². The number of hydrogen-bond donors (Lipinski definition) is 1. The number of nitrogens with zero attached hydrogens (tertiary/aromatic N) is 3. The van der Waals surface area contributed by atoms with Crippen LogP contribution < -0.4 is 4.72 Å². The lowest BCUT2D eigenvalue weighted by atomic mass is 10.5. The third-order valence-corrected chi connectivity index (χ3v) is 3.97. The van der Waals surface area contributed by atoms with E-state index in [1.165, 1.54) is 12.3 Å². The highest BCUT2D eigenvalue weighted by molar-refractivity contribution is 7.92. The summed E-state index contributed by atoms with van der Waals surface area (Å²) in [6.07, 6.45) is 1.33. The van der Waals surface area contributed by atoms with Crippen LogP contribution in [0.2, 0.25) is 0 Å². The van der Waals surface area contributed by atoms with Crippen LogP contribution in [0.5, 0.6) is 0 Å². The van der Waals surface area contributed by atoms with Crippen molar-refractivity contribution >= 4 is 15.8 Å². The first-order valence-electron chi connectivity index (χ1n) is 5.42. The first-order valence-corrected chi connectivity index (χ1v) is 6.91. The summed E-state index contributed by atoms with van der Waals surface area (Å²) in [6, 6.07) is 1.51. The van der Waals surface area contributed by atoms with Gasteiger partial charge in [-0.1, -0.05) is 5.16 Å². The molecule has 0 amide bonds. The fourth-order valence-corrected chi connectivity index (χ4v) is 2.78. The van der Waals surface area contributed by atoms with Gasteiger partial charge < -0.3 is 4.52 Å². The van der Waals surface area contributed by atoms with Crippen molar-refractivity contribution in [2.24, 2.45) is 0 Å². The Morgan fingerprint density at radius 2 is 2.17 bits per heavy atom. The summed E-state index contributed by atoms with van der Waals surface area (Å²) >= 11 is 0. The molecule has 0 saturated heterocycles. The Morgan fingerprint density at radius 1 is 1.44 bits per heavy atom. The lowest BCUT2D eigenvalue weighted by Gasteiger charge is -2.04. The van der Waals surface area contributed by atoms with Gasteiger partial charge in [0.1, 0.15) is 10.7 Å². The summed E-state index contributed by atoms with van der Waals surface area (Å²) in [7, 11) is -3.68. The van der Waals surface area contributed by atoms with Crippen molar-refractivity contribution in [2.75, 3.05) is 4.72 Å². The highest BCUT2D eigenvalue weighted by Gasteiger charge is 2.21. The molecular formula is C10H14N4O3S. The van der Waals surface area contributed by atoms with Gasteiger partial charge in [-0.25, -0.2) is 8.42 Å². The van der Waals surface area contributed by atoms with Crippen molar-refractivity contribution in [3.63, 3.8) is 0 Å². The molecule has 0 aliphatic rings. The minimum Gasteiger partial charge on any atom is -0.360 e. The molecule has 18 heavy (non-hydrogen) atoms. The predicted molar refractivity (Wildman–Crippen MR) is 64.7 cm³/mol. The van der Waals surface area contributed by atoms with E-state index in [0.29, 0.717) is 18.0 Å². The SMILES string of the molecule is CCn1ncc(S(=O)(=O)Nc2cc(C)on2)c1C. The molecule has 0 aromatic carbocycles. The molecular weight excluding hydrogens is 256 g/mol. The summed E-state index contributed by atoms with van der Waals surface area (Å²) in [5, 5.41) is 7.59. The molecule has 7 nitrogen and oxygen atoms in total. The number of rotatable bonds is 4. The van der Waals surface area contributed by atoms with Crippen LogP contribution in [-0.2, 0) is 16.6 Å². The van der Waals surface area contributed by atoms with Crippen LogP contribution >= 0.6 is 0 Å². The van der Waals surface area contributed by atoms with E-state index in [1.807, 2.05) is 6.92 Å². The van der Waals surface area contributed by atoms with E-state index in [4.69, 9.17) is 4.52 Å². The van der Waals surface area contributed by atoms with E-state index in [9.17, 15) is 8.42 Å². The van der Waals surface area contributed by atoms with Crippen LogP contribution in [0.15, 0.2) is 21.7 Å². The number of anilines is 1. The van der Waals surface area contributed by atoms with Crippen molar-refractivity contribution in [3.05, 3.63) is 23.7 Å². The summed E-state index contributed by atoms with van der Waals surface area (Å²) in [5.74, 6) is 0.699. The van der Waals surface area contributed by atoms with Crippen LogP contribution in [0.25, 0.3) is 0 Å².